The molecule has 2 aromatic rings. The molecule has 2 rings (SSSR count). The predicted molar refractivity (Wildman–Crippen MR) is 68.5 cm³/mol. The first kappa shape index (κ1) is 12.3. The summed E-state index contributed by atoms with van der Waals surface area (Å²) >= 11 is 0. The lowest BCUT2D eigenvalue weighted by atomic mass is 10.3. The average Bonchev–Trinajstić information content (AvgIpc) is 2.92. The summed E-state index contributed by atoms with van der Waals surface area (Å²) in [5, 5.41) is 9.72. The largest absolute Gasteiger partial charge is 0.323 e. The molecule has 0 fully saturated rings. The minimum absolute atomic E-state index is 0.0915. The standard InChI is InChI=1S/C12H15N5O/c1-9(13-2)12(18)16-10-4-5-11(14-8-10)17-7-3-6-15-17/h3-9,13H,1-2H3,(H,16,18). The summed E-state index contributed by atoms with van der Waals surface area (Å²) in [5.41, 5.74) is 0.665. The Balaban J connectivity index is 2.06. The van der Waals surface area contributed by atoms with Gasteiger partial charge in [-0.25, -0.2) is 9.67 Å². The van der Waals surface area contributed by atoms with E-state index in [0.717, 1.165) is 0 Å². The van der Waals surface area contributed by atoms with Crippen LogP contribution < -0.4 is 10.6 Å². The van der Waals surface area contributed by atoms with Crippen molar-refractivity contribution in [3.05, 3.63) is 36.8 Å². The maximum Gasteiger partial charge on any atom is 0.241 e. The number of carbonyl (C=O) groups is 1. The number of anilines is 1. The van der Waals surface area contributed by atoms with Crippen LogP contribution in [0.1, 0.15) is 6.92 Å². The Bertz CT molecular complexity index is 506. The second kappa shape index (κ2) is 5.42. The highest BCUT2D eigenvalue weighted by molar-refractivity contribution is 5.94. The number of hydrogen-bond acceptors (Lipinski definition) is 4. The summed E-state index contributed by atoms with van der Waals surface area (Å²) in [6.45, 7) is 1.79. The zero-order valence-corrected chi connectivity index (χ0v) is 10.3. The number of nitrogens with one attached hydrogen (secondary N) is 2. The van der Waals surface area contributed by atoms with Gasteiger partial charge in [0.25, 0.3) is 0 Å². The van der Waals surface area contributed by atoms with E-state index in [1.54, 1.807) is 43.2 Å². The third-order valence-electron chi connectivity index (χ3n) is 2.58. The van der Waals surface area contributed by atoms with E-state index in [-0.39, 0.29) is 11.9 Å². The summed E-state index contributed by atoms with van der Waals surface area (Å²) in [7, 11) is 1.74. The number of hydrogen-bond donors (Lipinski definition) is 2. The first-order valence-electron chi connectivity index (χ1n) is 5.65. The van der Waals surface area contributed by atoms with Gasteiger partial charge in [0.05, 0.1) is 17.9 Å². The molecule has 0 bridgehead atoms. The van der Waals surface area contributed by atoms with Gasteiger partial charge in [0.1, 0.15) is 0 Å². The average molecular weight is 245 g/mol. The zero-order chi connectivity index (χ0) is 13.0. The van der Waals surface area contributed by atoms with E-state index < -0.39 is 0 Å². The maximum atomic E-state index is 11.6. The predicted octanol–water partition coefficient (Wildman–Crippen LogP) is 0.814. The molecule has 0 saturated carbocycles. The fourth-order valence-electron chi connectivity index (χ4n) is 1.38. The van der Waals surface area contributed by atoms with Gasteiger partial charge in [0, 0.05) is 12.4 Å². The molecular formula is C12H15N5O. The molecule has 2 aromatic heterocycles. The van der Waals surface area contributed by atoms with Gasteiger partial charge < -0.3 is 10.6 Å². The first-order chi connectivity index (χ1) is 8.70. The highest BCUT2D eigenvalue weighted by Gasteiger charge is 2.10. The summed E-state index contributed by atoms with van der Waals surface area (Å²) < 4.78 is 1.65. The van der Waals surface area contributed by atoms with Gasteiger partial charge in [-0.3, -0.25) is 4.79 Å². The lowest BCUT2D eigenvalue weighted by Gasteiger charge is -2.10. The van der Waals surface area contributed by atoms with Crippen LogP contribution in [-0.2, 0) is 4.79 Å². The molecule has 94 valence electrons. The molecule has 0 radical (unpaired) electrons. The number of likely N-dealkylation sites (N-methyl/N-ethyl adjacent to an activating group) is 1. The van der Waals surface area contributed by atoms with E-state index >= 15 is 0 Å². The summed E-state index contributed by atoms with van der Waals surface area (Å²) in [4.78, 5) is 15.9. The zero-order valence-electron chi connectivity index (χ0n) is 10.3. The minimum Gasteiger partial charge on any atom is -0.323 e. The third-order valence-corrected chi connectivity index (χ3v) is 2.58. The summed E-state index contributed by atoms with van der Waals surface area (Å²) in [6, 6.07) is 5.18. The molecule has 0 saturated heterocycles. The third kappa shape index (κ3) is 2.72. The fourth-order valence-corrected chi connectivity index (χ4v) is 1.38. The molecule has 18 heavy (non-hydrogen) atoms. The van der Waals surface area contributed by atoms with Crippen LogP contribution in [0, 0.1) is 0 Å². The van der Waals surface area contributed by atoms with E-state index in [4.69, 9.17) is 0 Å². The molecular weight excluding hydrogens is 230 g/mol. The van der Waals surface area contributed by atoms with Crippen LogP contribution in [0.4, 0.5) is 5.69 Å². The van der Waals surface area contributed by atoms with Crippen LogP contribution in [-0.4, -0.2) is 33.8 Å². The molecule has 2 N–H and O–H groups in total. The van der Waals surface area contributed by atoms with Gasteiger partial charge in [-0.15, -0.1) is 0 Å². The minimum atomic E-state index is -0.240. The van der Waals surface area contributed by atoms with Crippen molar-refractivity contribution in [1.82, 2.24) is 20.1 Å². The SMILES string of the molecule is CNC(C)C(=O)Nc1ccc(-n2cccn2)nc1. The number of aromatic nitrogens is 3. The highest BCUT2D eigenvalue weighted by Crippen LogP contribution is 2.09. The van der Waals surface area contributed by atoms with Crippen molar-refractivity contribution >= 4 is 11.6 Å². The Morgan fingerprint density at radius 1 is 1.44 bits per heavy atom. The van der Waals surface area contributed by atoms with Crippen LogP contribution in [0.3, 0.4) is 0 Å². The Labute approximate surface area is 105 Å². The van der Waals surface area contributed by atoms with Gasteiger partial charge in [-0.1, -0.05) is 0 Å². The number of amides is 1. The van der Waals surface area contributed by atoms with Gasteiger partial charge in [-0.2, -0.15) is 5.10 Å². The lowest BCUT2D eigenvalue weighted by Crippen LogP contribution is -2.35. The molecule has 1 atom stereocenters. The molecule has 6 heteroatoms. The van der Waals surface area contributed by atoms with Gasteiger partial charge in [0.15, 0.2) is 5.82 Å². The maximum absolute atomic E-state index is 11.6. The van der Waals surface area contributed by atoms with Crippen LogP contribution >= 0.6 is 0 Å². The van der Waals surface area contributed by atoms with Gasteiger partial charge >= 0.3 is 0 Å². The quantitative estimate of drug-likeness (QED) is 0.836. The molecule has 0 aliphatic rings. The van der Waals surface area contributed by atoms with Crippen molar-refractivity contribution in [3.8, 4) is 5.82 Å². The van der Waals surface area contributed by atoms with Crippen LogP contribution in [0.25, 0.3) is 5.82 Å². The van der Waals surface area contributed by atoms with E-state index in [1.165, 1.54) is 0 Å². The highest BCUT2D eigenvalue weighted by atomic mass is 16.2. The van der Waals surface area contributed by atoms with Crippen LogP contribution in [0.2, 0.25) is 0 Å². The fraction of sp³-hybridized carbons (Fsp3) is 0.250. The van der Waals surface area contributed by atoms with Crippen molar-refractivity contribution in [2.75, 3.05) is 12.4 Å². The molecule has 6 nitrogen and oxygen atoms in total. The number of pyridine rings is 1. The number of carbonyl (C=O) groups excluding carboxylic acids is 1. The van der Waals surface area contributed by atoms with Gasteiger partial charge in [-0.05, 0) is 32.2 Å². The van der Waals surface area contributed by atoms with E-state index in [1.807, 2.05) is 12.3 Å². The Kier molecular flexibility index (Phi) is 3.69. The monoisotopic (exact) mass is 245 g/mol. The molecule has 1 amide bonds. The second-order valence-corrected chi connectivity index (χ2v) is 3.86. The smallest absolute Gasteiger partial charge is 0.241 e. The molecule has 0 aliphatic carbocycles. The van der Waals surface area contributed by atoms with E-state index in [0.29, 0.717) is 11.5 Å². The van der Waals surface area contributed by atoms with E-state index in [9.17, 15) is 4.79 Å². The molecule has 0 aromatic carbocycles. The molecule has 0 aliphatic heterocycles. The first-order valence-corrected chi connectivity index (χ1v) is 5.65. The molecule has 0 spiro atoms. The van der Waals surface area contributed by atoms with Crippen molar-refractivity contribution in [3.63, 3.8) is 0 Å². The Hall–Kier alpha value is -2.21. The Morgan fingerprint density at radius 2 is 2.28 bits per heavy atom. The summed E-state index contributed by atoms with van der Waals surface area (Å²) in [6.07, 6.45) is 5.10. The molecule has 1 unspecified atom stereocenters. The number of rotatable bonds is 4. The van der Waals surface area contributed by atoms with Crippen molar-refractivity contribution in [2.24, 2.45) is 0 Å². The normalized spacial score (nSPS) is 12.1. The van der Waals surface area contributed by atoms with Crippen molar-refractivity contribution < 1.29 is 4.79 Å². The number of nitrogens with zero attached hydrogens (tertiary/aromatic N) is 3. The van der Waals surface area contributed by atoms with Crippen LogP contribution in [0.15, 0.2) is 36.8 Å². The summed E-state index contributed by atoms with van der Waals surface area (Å²) in [5.74, 6) is 0.616. The van der Waals surface area contributed by atoms with Crippen molar-refractivity contribution in [1.29, 1.82) is 0 Å². The molecule has 2 heterocycles. The van der Waals surface area contributed by atoms with Crippen molar-refractivity contribution in [2.45, 2.75) is 13.0 Å². The van der Waals surface area contributed by atoms with Gasteiger partial charge in [0.2, 0.25) is 5.91 Å². The Morgan fingerprint density at radius 3 is 2.83 bits per heavy atom. The topological polar surface area (TPSA) is 71.8 Å². The van der Waals surface area contributed by atoms with Crippen LogP contribution in [0.5, 0.6) is 0 Å². The lowest BCUT2D eigenvalue weighted by molar-refractivity contribution is -0.117. The van der Waals surface area contributed by atoms with E-state index in [2.05, 4.69) is 20.7 Å². The second-order valence-electron chi connectivity index (χ2n) is 3.86.